The van der Waals surface area contributed by atoms with Crippen molar-refractivity contribution in [2.24, 2.45) is 0 Å². The minimum Gasteiger partial charge on any atom is -0.342 e. The first-order valence-electron chi connectivity index (χ1n) is 8.65. The smallest absolute Gasteiger partial charge is 0.223 e. The van der Waals surface area contributed by atoms with Crippen LogP contribution in [0.5, 0.6) is 0 Å². The molecule has 128 valence electrons. The van der Waals surface area contributed by atoms with Crippen LogP contribution < -0.4 is 5.32 Å². The maximum atomic E-state index is 12.8. The number of hydrogen-bond acceptors (Lipinski definition) is 4. The predicted octanol–water partition coefficient (Wildman–Crippen LogP) is 2.06. The summed E-state index contributed by atoms with van der Waals surface area (Å²) in [6, 6.07) is 11.9. The summed E-state index contributed by atoms with van der Waals surface area (Å²) in [7, 11) is 0. The van der Waals surface area contributed by atoms with Crippen LogP contribution in [0.2, 0.25) is 0 Å². The molecule has 3 aromatic rings. The van der Waals surface area contributed by atoms with Gasteiger partial charge in [-0.15, -0.1) is 0 Å². The van der Waals surface area contributed by atoms with Crippen molar-refractivity contribution in [2.45, 2.75) is 18.9 Å². The molecule has 6 nitrogen and oxygen atoms in total. The Hall–Kier alpha value is -2.73. The molecule has 1 aliphatic heterocycles. The zero-order chi connectivity index (χ0) is 17.1. The summed E-state index contributed by atoms with van der Waals surface area (Å²) >= 11 is 0. The number of benzene rings is 1. The van der Waals surface area contributed by atoms with Gasteiger partial charge in [-0.05, 0) is 23.8 Å². The van der Waals surface area contributed by atoms with Crippen LogP contribution in [0.4, 0.5) is 0 Å². The van der Waals surface area contributed by atoms with Gasteiger partial charge in [0.2, 0.25) is 5.91 Å². The zero-order valence-corrected chi connectivity index (χ0v) is 14.0. The quantitative estimate of drug-likeness (QED) is 0.765. The van der Waals surface area contributed by atoms with Gasteiger partial charge in [-0.25, -0.2) is 4.98 Å². The largest absolute Gasteiger partial charge is 0.342 e. The van der Waals surface area contributed by atoms with E-state index in [0.717, 1.165) is 42.1 Å². The lowest BCUT2D eigenvalue weighted by atomic mass is 10.0. The van der Waals surface area contributed by atoms with Crippen molar-refractivity contribution in [3.63, 3.8) is 0 Å². The Morgan fingerprint density at radius 1 is 1.24 bits per heavy atom. The highest BCUT2D eigenvalue weighted by atomic mass is 16.2. The zero-order valence-electron chi connectivity index (χ0n) is 14.0. The van der Waals surface area contributed by atoms with Crippen molar-refractivity contribution in [1.82, 2.24) is 25.2 Å². The normalized spacial score (nSPS) is 17.8. The third-order valence-electron chi connectivity index (χ3n) is 4.65. The van der Waals surface area contributed by atoms with E-state index in [1.54, 1.807) is 6.20 Å². The fourth-order valence-corrected chi connectivity index (χ4v) is 3.37. The highest BCUT2D eigenvalue weighted by Crippen LogP contribution is 2.22. The molecule has 0 aliphatic carbocycles. The Bertz CT molecular complexity index is 827. The molecule has 1 aliphatic rings. The van der Waals surface area contributed by atoms with E-state index >= 15 is 0 Å². The van der Waals surface area contributed by atoms with Gasteiger partial charge in [-0.1, -0.05) is 18.2 Å². The SMILES string of the molecule is O=C(CCc1nc2ccccc2[nH]1)N1CCNCC1c1cccnc1. The van der Waals surface area contributed by atoms with Crippen molar-refractivity contribution in [2.75, 3.05) is 19.6 Å². The van der Waals surface area contributed by atoms with Gasteiger partial charge < -0.3 is 15.2 Å². The molecule has 1 saturated heterocycles. The highest BCUT2D eigenvalue weighted by Gasteiger charge is 2.27. The number of carbonyl (C=O) groups excluding carboxylic acids is 1. The van der Waals surface area contributed by atoms with Crippen molar-refractivity contribution in [3.8, 4) is 0 Å². The number of H-pyrrole nitrogens is 1. The molecule has 2 aromatic heterocycles. The lowest BCUT2D eigenvalue weighted by Crippen LogP contribution is -2.48. The van der Waals surface area contributed by atoms with E-state index in [0.29, 0.717) is 12.8 Å². The van der Waals surface area contributed by atoms with Crippen molar-refractivity contribution in [3.05, 3.63) is 60.2 Å². The highest BCUT2D eigenvalue weighted by molar-refractivity contribution is 5.78. The summed E-state index contributed by atoms with van der Waals surface area (Å²) in [5.74, 6) is 1.03. The Morgan fingerprint density at radius 3 is 3.00 bits per heavy atom. The monoisotopic (exact) mass is 335 g/mol. The first-order valence-corrected chi connectivity index (χ1v) is 8.65. The second kappa shape index (κ2) is 7.03. The van der Waals surface area contributed by atoms with E-state index in [1.165, 1.54) is 0 Å². The van der Waals surface area contributed by atoms with Crippen LogP contribution in [0.1, 0.15) is 23.9 Å². The van der Waals surface area contributed by atoms with E-state index in [4.69, 9.17) is 0 Å². The van der Waals surface area contributed by atoms with Crippen molar-refractivity contribution >= 4 is 16.9 Å². The Labute approximate surface area is 146 Å². The van der Waals surface area contributed by atoms with E-state index < -0.39 is 0 Å². The molecule has 1 aromatic carbocycles. The Kier molecular flexibility index (Phi) is 4.43. The van der Waals surface area contributed by atoms with Crippen molar-refractivity contribution in [1.29, 1.82) is 0 Å². The Morgan fingerprint density at radius 2 is 2.16 bits per heavy atom. The van der Waals surface area contributed by atoms with Crippen LogP contribution in [-0.4, -0.2) is 45.4 Å². The number of amides is 1. The van der Waals surface area contributed by atoms with E-state index in [1.807, 2.05) is 47.5 Å². The number of rotatable bonds is 4. The molecule has 2 N–H and O–H groups in total. The number of piperazine rings is 1. The van der Waals surface area contributed by atoms with Crippen molar-refractivity contribution < 1.29 is 4.79 Å². The maximum absolute atomic E-state index is 12.8. The average Bonchev–Trinajstić information content (AvgIpc) is 3.10. The molecule has 1 atom stereocenters. The number of aromatic amines is 1. The van der Waals surface area contributed by atoms with Gasteiger partial charge in [-0.2, -0.15) is 0 Å². The lowest BCUT2D eigenvalue weighted by molar-refractivity contribution is -0.134. The summed E-state index contributed by atoms with van der Waals surface area (Å²) in [6.07, 6.45) is 4.68. The second-order valence-electron chi connectivity index (χ2n) is 6.29. The van der Waals surface area contributed by atoms with Gasteiger partial charge >= 0.3 is 0 Å². The molecule has 3 heterocycles. The number of imidazole rings is 1. The number of hydrogen-bond donors (Lipinski definition) is 2. The number of para-hydroxylation sites is 2. The molecule has 0 bridgehead atoms. The van der Waals surface area contributed by atoms with Crippen LogP contribution >= 0.6 is 0 Å². The topological polar surface area (TPSA) is 73.9 Å². The van der Waals surface area contributed by atoms with Crippen LogP contribution in [0.3, 0.4) is 0 Å². The molecule has 6 heteroatoms. The molecule has 25 heavy (non-hydrogen) atoms. The molecular formula is C19H21N5O. The van der Waals surface area contributed by atoms with Crippen LogP contribution in [0, 0.1) is 0 Å². The number of aryl methyl sites for hydroxylation is 1. The molecular weight excluding hydrogens is 314 g/mol. The number of fused-ring (bicyclic) bond motifs is 1. The number of pyridine rings is 1. The number of nitrogens with one attached hydrogen (secondary N) is 2. The van der Waals surface area contributed by atoms with E-state index in [-0.39, 0.29) is 11.9 Å². The number of carbonyl (C=O) groups is 1. The van der Waals surface area contributed by atoms with Crippen LogP contribution in [-0.2, 0) is 11.2 Å². The van der Waals surface area contributed by atoms with E-state index in [2.05, 4.69) is 20.3 Å². The van der Waals surface area contributed by atoms with Crippen LogP contribution in [0.25, 0.3) is 11.0 Å². The Balaban J connectivity index is 1.45. The summed E-state index contributed by atoms with van der Waals surface area (Å²) < 4.78 is 0. The molecule has 0 radical (unpaired) electrons. The van der Waals surface area contributed by atoms with Crippen LogP contribution in [0.15, 0.2) is 48.8 Å². The van der Waals surface area contributed by atoms with Gasteiger partial charge in [-0.3, -0.25) is 9.78 Å². The minimum absolute atomic E-state index is 0.0469. The van der Waals surface area contributed by atoms with Gasteiger partial charge in [0.05, 0.1) is 17.1 Å². The first kappa shape index (κ1) is 15.8. The maximum Gasteiger partial charge on any atom is 0.223 e. The first-order chi connectivity index (χ1) is 12.3. The molecule has 1 fully saturated rings. The number of aromatic nitrogens is 3. The summed E-state index contributed by atoms with van der Waals surface area (Å²) in [5, 5.41) is 3.37. The number of nitrogens with zero attached hydrogens (tertiary/aromatic N) is 3. The van der Waals surface area contributed by atoms with Gasteiger partial charge in [0.1, 0.15) is 5.82 Å². The molecule has 1 unspecified atom stereocenters. The molecule has 0 spiro atoms. The molecule has 4 rings (SSSR count). The fourth-order valence-electron chi connectivity index (χ4n) is 3.37. The van der Waals surface area contributed by atoms with Gasteiger partial charge in [0.15, 0.2) is 0 Å². The standard InChI is InChI=1S/C19H21N5O/c25-19(8-7-18-22-15-5-1-2-6-16(15)23-18)24-11-10-21-13-17(24)14-4-3-9-20-12-14/h1-6,9,12,17,21H,7-8,10-11,13H2,(H,22,23). The minimum atomic E-state index is 0.0469. The van der Waals surface area contributed by atoms with Gasteiger partial charge in [0.25, 0.3) is 0 Å². The summed E-state index contributed by atoms with van der Waals surface area (Å²) in [6.45, 7) is 2.31. The third kappa shape index (κ3) is 3.39. The van der Waals surface area contributed by atoms with E-state index in [9.17, 15) is 4.79 Å². The third-order valence-corrected chi connectivity index (χ3v) is 4.65. The fraction of sp³-hybridized carbons (Fsp3) is 0.316. The average molecular weight is 335 g/mol. The lowest BCUT2D eigenvalue weighted by Gasteiger charge is -2.36. The molecule has 0 saturated carbocycles. The second-order valence-corrected chi connectivity index (χ2v) is 6.29. The predicted molar refractivity (Wildman–Crippen MR) is 96.0 cm³/mol. The van der Waals surface area contributed by atoms with Gasteiger partial charge in [0, 0.05) is 44.9 Å². The molecule has 1 amide bonds. The summed E-state index contributed by atoms with van der Waals surface area (Å²) in [4.78, 5) is 26.8. The summed E-state index contributed by atoms with van der Waals surface area (Å²) in [5.41, 5.74) is 3.03.